The number of ether oxygens (including phenoxy) is 1. The van der Waals surface area contributed by atoms with Gasteiger partial charge in [-0.1, -0.05) is 11.8 Å². The van der Waals surface area contributed by atoms with E-state index in [1.165, 1.54) is 0 Å². The third-order valence-electron chi connectivity index (χ3n) is 2.76. The molecule has 96 valence electrons. The average molecular weight is 253 g/mol. The third-order valence-corrected chi connectivity index (χ3v) is 2.76. The van der Waals surface area contributed by atoms with Crippen LogP contribution < -0.4 is 4.74 Å². The first-order valence-electron chi connectivity index (χ1n) is 5.99. The standard InChI is InChI=1S/C16H15NO2/c1-13(18)16-6-4-12-17(16)11-3-5-14-7-9-15(19-2)10-8-14/h4,6-10,12H,11H2,1-2H3. The van der Waals surface area contributed by atoms with E-state index in [1.807, 2.05) is 41.1 Å². The second kappa shape index (κ2) is 5.92. The van der Waals surface area contributed by atoms with E-state index in [2.05, 4.69) is 11.8 Å². The van der Waals surface area contributed by atoms with Gasteiger partial charge in [-0.05, 0) is 36.4 Å². The van der Waals surface area contributed by atoms with Crippen molar-refractivity contribution in [2.75, 3.05) is 7.11 Å². The van der Waals surface area contributed by atoms with Crippen LogP contribution in [0, 0.1) is 11.8 Å². The minimum absolute atomic E-state index is 0.0521. The van der Waals surface area contributed by atoms with E-state index >= 15 is 0 Å². The molecule has 0 aliphatic rings. The van der Waals surface area contributed by atoms with Gasteiger partial charge in [0.1, 0.15) is 5.75 Å². The SMILES string of the molecule is COc1ccc(C#CCn2cccc2C(C)=O)cc1. The molecule has 0 aliphatic carbocycles. The highest BCUT2D eigenvalue weighted by molar-refractivity contribution is 5.92. The third kappa shape index (κ3) is 3.26. The van der Waals surface area contributed by atoms with E-state index in [1.54, 1.807) is 20.1 Å². The van der Waals surface area contributed by atoms with Crippen molar-refractivity contribution in [2.45, 2.75) is 13.5 Å². The second-order valence-electron chi connectivity index (χ2n) is 4.11. The molecule has 2 rings (SSSR count). The minimum atomic E-state index is 0.0521. The van der Waals surface area contributed by atoms with Crippen LogP contribution in [-0.4, -0.2) is 17.5 Å². The maximum absolute atomic E-state index is 11.3. The van der Waals surface area contributed by atoms with Crippen LogP contribution in [0.1, 0.15) is 23.0 Å². The zero-order valence-corrected chi connectivity index (χ0v) is 11.0. The summed E-state index contributed by atoms with van der Waals surface area (Å²) in [5, 5.41) is 0. The van der Waals surface area contributed by atoms with E-state index in [0.29, 0.717) is 12.2 Å². The molecule has 3 nitrogen and oxygen atoms in total. The van der Waals surface area contributed by atoms with Gasteiger partial charge in [-0.25, -0.2) is 0 Å². The van der Waals surface area contributed by atoms with Crippen molar-refractivity contribution in [2.24, 2.45) is 0 Å². The lowest BCUT2D eigenvalue weighted by molar-refractivity contribution is 0.100. The van der Waals surface area contributed by atoms with Crippen molar-refractivity contribution < 1.29 is 9.53 Å². The van der Waals surface area contributed by atoms with Gasteiger partial charge in [0, 0.05) is 18.7 Å². The zero-order valence-electron chi connectivity index (χ0n) is 11.0. The van der Waals surface area contributed by atoms with E-state index in [4.69, 9.17) is 4.74 Å². The molecule has 0 bridgehead atoms. The summed E-state index contributed by atoms with van der Waals surface area (Å²) in [5.74, 6) is 6.99. The molecule has 0 atom stereocenters. The predicted octanol–water partition coefficient (Wildman–Crippen LogP) is 2.75. The molecule has 0 saturated heterocycles. The summed E-state index contributed by atoms with van der Waals surface area (Å²) in [7, 11) is 1.63. The van der Waals surface area contributed by atoms with Gasteiger partial charge in [0.2, 0.25) is 0 Å². The Morgan fingerprint density at radius 1 is 1.26 bits per heavy atom. The van der Waals surface area contributed by atoms with Gasteiger partial charge in [0.25, 0.3) is 0 Å². The second-order valence-corrected chi connectivity index (χ2v) is 4.11. The molecule has 0 unspecified atom stereocenters. The summed E-state index contributed by atoms with van der Waals surface area (Å²) in [4.78, 5) is 11.3. The number of benzene rings is 1. The van der Waals surface area contributed by atoms with E-state index in [-0.39, 0.29) is 5.78 Å². The van der Waals surface area contributed by atoms with Gasteiger partial charge < -0.3 is 9.30 Å². The monoisotopic (exact) mass is 253 g/mol. The Bertz CT molecular complexity index is 627. The summed E-state index contributed by atoms with van der Waals surface area (Å²) in [6.07, 6.45) is 1.86. The van der Waals surface area contributed by atoms with Gasteiger partial charge in [-0.3, -0.25) is 4.79 Å². The number of aromatic nitrogens is 1. The smallest absolute Gasteiger partial charge is 0.176 e. The Kier molecular flexibility index (Phi) is 4.04. The van der Waals surface area contributed by atoms with Crippen molar-refractivity contribution in [3.63, 3.8) is 0 Å². The van der Waals surface area contributed by atoms with Gasteiger partial charge >= 0.3 is 0 Å². The van der Waals surface area contributed by atoms with Gasteiger partial charge in [0.15, 0.2) is 5.78 Å². The largest absolute Gasteiger partial charge is 0.497 e. The number of nitrogens with zero attached hydrogens (tertiary/aromatic N) is 1. The lowest BCUT2D eigenvalue weighted by Crippen LogP contribution is -2.04. The maximum Gasteiger partial charge on any atom is 0.176 e. The van der Waals surface area contributed by atoms with Crippen molar-refractivity contribution in [1.82, 2.24) is 4.57 Å². The lowest BCUT2D eigenvalue weighted by Gasteiger charge is -2.01. The number of rotatable bonds is 3. The Labute approximate surface area is 112 Å². The van der Waals surface area contributed by atoms with Crippen LogP contribution in [-0.2, 0) is 6.54 Å². The van der Waals surface area contributed by atoms with Crippen LogP contribution >= 0.6 is 0 Å². The molecule has 0 N–H and O–H groups in total. The lowest BCUT2D eigenvalue weighted by atomic mass is 10.2. The number of carbonyl (C=O) groups excluding carboxylic acids is 1. The minimum Gasteiger partial charge on any atom is -0.497 e. The summed E-state index contributed by atoms with van der Waals surface area (Å²) in [5.41, 5.74) is 1.61. The van der Waals surface area contributed by atoms with Crippen molar-refractivity contribution >= 4 is 5.78 Å². The molecule has 19 heavy (non-hydrogen) atoms. The molecular weight excluding hydrogens is 238 g/mol. The highest BCUT2D eigenvalue weighted by Gasteiger charge is 2.03. The van der Waals surface area contributed by atoms with Crippen molar-refractivity contribution in [1.29, 1.82) is 0 Å². The Morgan fingerprint density at radius 3 is 2.63 bits per heavy atom. The average Bonchev–Trinajstić information content (AvgIpc) is 2.88. The molecule has 0 radical (unpaired) electrons. The van der Waals surface area contributed by atoms with E-state index in [0.717, 1.165) is 11.3 Å². The van der Waals surface area contributed by atoms with Crippen LogP contribution in [0.5, 0.6) is 5.75 Å². The molecule has 0 fully saturated rings. The normalized spacial score (nSPS) is 9.58. The van der Waals surface area contributed by atoms with Gasteiger partial charge in [-0.15, -0.1) is 0 Å². The fraction of sp³-hybridized carbons (Fsp3) is 0.188. The first kappa shape index (κ1) is 13.0. The quantitative estimate of drug-likeness (QED) is 0.622. The van der Waals surface area contributed by atoms with E-state index in [9.17, 15) is 4.79 Å². The molecule has 1 aromatic heterocycles. The summed E-state index contributed by atoms with van der Waals surface area (Å²) in [6.45, 7) is 2.07. The molecule has 2 aromatic rings. The first-order chi connectivity index (χ1) is 9.20. The predicted molar refractivity (Wildman–Crippen MR) is 74.3 cm³/mol. The van der Waals surface area contributed by atoms with Crippen molar-refractivity contribution in [3.05, 3.63) is 53.9 Å². The number of ketones is 1. The number of carbonyl (C=O) groups is 1. The van der Waals surface area contributed by atoms with Crippen molar-refractivity contribution in [3.8, 4) is 17.6 Å². The van der Waals surface area contributed by atoms with Gasteiger partial charge in [0.05, 0.1) is 19.3 Å². The molecule has 0 saturated carbocycles. The zero-order chi connectivity index (χ0) is 13.7. The Balaban J connectivity index is 2.08. The fourth-order valence-electron chi connectivity index (χ4n) is 1.77. The van der Waals surface area contributed by atoms with Crippen LogP contribution in [0.4, 0.5) is 0 Å². The molecule has 0 amide bonds. The maximum atomic E-state index is 11.3. The number of methoxy groups -OCH3 is 1. The summed E-state index contributed by atoms with van der Waals surface area (Å²) < 4.78 is 6.93. The van der Waals surface area contributed by atoms with Crippen LogP contribution in [0.25, 0.3) is 0 Å². The number of Topliss-reactive ketones (excluding diaryl/α,β-unsaturated/α-hetero) is 1. The van der Waals surface area contributed by atoms with E-state index < -0.39 is 0 Å². The van der Waals surface area contributed by atoms with Crippen LogP contribution in [0.2, 0.25) is 0 Å². The Morgan fingerprint density at radius 2 is 2.00 bits per heavy atom. The van der Waals surface area contributed by atoms with Crippen LogP contribution in [0.3, 0.4) is 0 Å². The number of hydrogen-bond donors (Lipinski definition) is 0. The first-order valence-corrected chi connectivity index (χ1v) is 5.99. The molecule has 3 heteroatoms. The summed E-state index contributed by atoms with van der Waals surface area (Å²) >= 11 is 0. The fourth-order valence-corrected chi connectivity index (χ4v) is 1.77. The topological polar surface area (TPSA) is 31.2 Å². The molecular formula is C16H15NO2. The molecule has 1 aromatic carbocycles. The van der Waals surface area contributed by atoms with Crippen LogP contribution in [0.15, 0.2) is 42.6 Å². The van der Waals surface area contributed by atoms with Gasteiger partial charge in [-0.2, -0.15) is 0 Å². The Hall–Kier alpha value is -2.47. The number of hydrogen-bond acceptors (Lipinski definition) is 2. The highest BCUT2D eigenvalue weighted by Crippen LogP contribution is 2.10. The molecule has 0 aliphatic heterocycles. The molecule has 1 heterocycles. The molecule has 0 spiro atoms. The highest BCUT2D eigenvalue weighted by atomic mass is 16.5. The summed E-state index contributed by atoms with van der Waals surface area (Å²) in [6, 6.07) is 11.2.